The van der Waals surface area contributed by atoms with Crippen LogP contribution in [0.2, 0.25) is 0 Å². The fraction of sp³-hybridized carbons (Fsp3) is 0.455. The second-order valence-corrected chi connectivity index (χ2v) is 3.84. The molecule has 0 aromatic heterocycles. The SMILES string of the molecule is NNC(CCOCC(F)(F)F)c1cc(F)ccc1F. The molecule has 0 aliphatic heterocycles. The molecule has 19 heavy (non-hydrogen) atoms. The fourth-order valence-corrected chi connectivity index (χ4v) is 1.50. The summed E-state index contributed by atoms with van der Waals surface area (Å²) in [5.41, 5.74) is 2.16. The molecule has 108 valence electrons. The van der Waals surface area contributed by atoms with Crippen LogP contribution in [0.4, 0.5) is 22.0 Å². The highest BCUT2D eigenvalue weighted by Crippen LogP contribution is 2.21. The second kappa shape index (κ2) is 6.78. The van der Waals surface area contributed by atoms with Crippen LogP contribution in [0.15, 0.2) is 18.2 Å². The van der Waals surface area contributed by atoms with Gasteiger partial charge in [0, 0.05) is 12.2 Å². The first-order chi connectivity index (χ1) is 8.83. The molecule has 0 saturated carbocycles. The van der Waals surface area contributed by atoms with Crippen molar-refractivity contribution < 1.29 is 26.7 Å². The minimum Gasteiger partial charge on any atom is -0.372 e. The number of benzene rings is 1. The van der Waals surface area contributed by atoms with Gasteiger partial charge in [0.25, 0.3) is 0 Å². The Morgan fingerprint density at radius 2 is 1.95 bits per heavy atom. The third-order valence-corrected chi connectivity index (χ3v) is 2.35. The van der Waals surface area contributed by atoms with Crippen molar-refractivity contribution in [2.24, 2.45) is 5.84 Å². The number of nitrogens with one attached hydrogen (secondary N) is 1. The van der Waals surface area contributed by atoms with Crippen LogP contribution in [0.1, 0.15) is 18.0 Å². The van der Waals surface area contributed by atoms with Crippen molar-refractivity contribution in [2.75, 3.05) is 13.2 Å². The van der Waals surface area contributed by atoms with Gasteiger partial charge >= 0.3 is 6.18 Å². The number of nitrogens with two attached hydrogens (primary N) is 1. The molecule has 1 aromatic carbocycles. The van der Waals surface area contributed by atoms with E-state index in [1.54, 1.807) is 0 Å². The molecule has 0 fully saturated rings. The van der Waals surface area contributed by atoms with Crippen LogP contribution in [0, 0.1) is 11.6 Å². The highest BCUT2D eigenvalue weighted by atomic mass is 19.4. The topological polar surface area (TPSA) is 47.3 Å². The van der Waals surface area contributed by atoms with Gasteiger partial charge in [-0.25, -0.2) is 8.78 Å². The Bertz CT molecular complexity index is 411. The molecule has 1 unspecified atom stereocenters. The lowest BCUT2D eigenvalue weighted by atomic mass is 10.0. The van der Waals surface area contributed by atoms with E-state index in [4.69, 9.17) is 5.84 Å². The fourth-order valence-electron chi connectivity index (χ4n) is 1.50. The summed E-state index contributed by atoms with van der Waals surface area (Å²) in [7, 11) is 0. The Kier molecular flexibility index (Phi) is 5.64. The van der Waals surface area contributed by atoms with Crippen molar-refractivity contribution in [3.63, 3.8) is 0 Å². The molecule has 0 amide bonds. The van der Waals surface area contributed by atoms with E-state index in [2.05, 4.69) is 10.2 Å². The minimum atomic E-state index is -4.42. The average molecular weight is 284 g/mol. The summed E-state index contributed by atoms with van der Waals surface area (Å²) in [4.78, 5) is 0. The minimum absolute atomic E-state index is 0.0209. The number of alkyl halides is 3. The molecule has 3 nitrogen and oxygen atoms in total. The van der Waals surface area contributed by atoms with Crippen LogP contribution in [0.25, 0.3) is 0 Å². The van der Waals surface area contributed by atoms with Gasteiger partial charge in [0.2, 0.25) is 0 Å². The first kappa shape index (κ1) is 15.8. The van der Waals surface area contributed by atoms with Crippen LogP contribution < -0.4 is 11.3 Å². The highest BCUT2D eigenvalue weighted by molar-refractivity contribution is 5.22. The van der Waals surface area contributed by atoms with E-state index < -0.39 is 30.5 Å². The maximum Gasteiger partial charge on any atom is 0.411 e. The quantitative estimate of drug-likeness (QED) is 0.365. The predicted octanol–water partition coefficient (Wildman–Crippen LogP) is 2.44. The molecule has 1 aromatic rings. The Morgan fingerprint density at radius 3 is 2.53 bits per heavy atom. The van der Waals surface area contributed by atoms with Gasteiger partial charge in [-0.15, -0.1) is 0 Å². The van der Waals surface area contributed by atoms with Gasteiger partial charge in [0.15, 0.2) is 0 Å². The van der Waals surface area contributed by atoms with Crippen molar-refractivity contribution in [1.29, 1.82) is 0 Å². The molecule has 0 bridgehead atoms. The van der Waals surface area contributed by atoms with E-state index in [0.29, 0.717) is 0 Å². The van der Waals surface area contributed by atoms with Crippen molar-refractivity contribution in [3.8, 4) is 0 Å². The molecule has 0 saturated heterocycles. The van der Waals surface area contributed by atoms with Gasteiger partial charge in [-0.2, -0.15) is 13.2 Å². The van der Waals surface area contributed by atoms with Crippen molar-refractivity contribution in [2.45, 2.75) is 18.6 Å². The maximum absolute atomic E-state index is 13.4. The number of rotatable bonds is 6. The molecular formula is C11H13F5N2O. The summed E-state index contributed by atoms with van der Waals surface area (Å²) < 4.78 is 66.3. The zero-order chi connectivity index (χ0) is 14.5. The van der Waals surface area contributed by atoms with Gasteiger partial charge in [-0.3, -0.25) is 11.3 Å². The summed E-state index contributed by atoms with van der Waals surface area (Å²) in [6, 6.07) is 1.96. The van der Waals surface area contributed by atoms with Crippen LogP contribution in [0.3, 0.4) is 0 Å². The zero-order valence-electron chi connectivity index (χ0n) is 9.81. The summed E-state index contributed by atoms with van der Waals surface area (Å²) in [5, 5.41) is 0. The van der Waals surface area contributed by atoms with E-state index in [9.17, 15) is 22.0 Å². The molecule has 0 aliphatic rings. The Labute approximate surface area is 106 Å². The van der Waals surface area contributed by atoms with E-state index in [1.807, 2.05) is 0 Å². The third kappa shape index (κ3) is 5.50. The molecule has 1 atom stereocenters. The Hall–Kier alpha value is -1.25. The number of hydrazine groups is 1. The van der Waals surface area contributed by atoms with E-state index in [1.165, 1.54) is 0 Å². The summed E-state index contributed by atoms with van der Waals surface area (Å²) in [6.07, 6.45) is -4.44. The van der Waals surface area contributed by atoms with Gasteiger partial charge in [-0.1, -0.05) is 0 Å². The zero-order valence-corrected chi connectivity index (χ0v) is 9.81. The van der Waals surface area contributed by atoms with Crippen LogP contribution >= 0.6 is 0 Å². The van der Waals surface area contributed by atoms with Crippen LogP contribution in [0.5, 0.6) is 0 Å². The van der Waals surface area contributed by atoms with Gasteiger partial charge in [0.05, 0.1) is 6.04 Å². The monoisotopic (exact) mass is 284 g/mol. The summed E-state index contributed by atoms with van der Waals surface area (Å²) in [5.74, 6) is 3.82. The third-order valence-electron chi connectivity index (χ3n) is 2.35. The van der Waals surface area contributed by atoms with E-state index in [-0.39, 0.29) is 18.6 Å². The predicted molar refractivity (Wildman–Crippen MR) is 57.9 cm³/mol. The summed E-state index contributed by atoms with van der Waals surface area (Å²) >= 11 is 0. The first-order valence-electron chi connectivity index (χ1n) is 5.39. The number of halogens is 5. The molecule has 0 spiro atoms. The van der Waals surface area contributed by atoms with Crippen LogP contribution in [-0.2, 0) is 4.74 Å². The number of hydrogen-bond donors (Lipinski definition) is 2. The lowest BCUT2D eigenvalue weighted by Crippen LogP contribution is -2.30. The van der Waals surface area contributed by atoms with Gasteiger partial charge in [0.1, 0.15) is 18.2 Å². The molecule has 1 rings (SSSR count). The standard InChI is InChI=1S/C11H13F5N2O/c12-7-1-2-9(13)8(5-7)10(18-17)3-4-19-6-11(14,15)16/h1-2,5,10,18H,3-4,6,17H2. The molecule has 0 aliphatic carbocycles. The molecule has 0 heterocycles. The lowest BCUT2D eigenvalue weighted by molar-refractivity contribution is -0.174. The second-order valence-electron chi connectivity index (χ2n) is 3.84. The highest BCUT2D eigenvalue weighted by Gasteiger charge is 2.27. The molecule has 3 N–H and O–H groups in total. The number of ether oxygens (including phenoxy) is 1. The molecular weight excluding hydrogens is 271 g/mol. The van der Waals surface area contributed by atoms with Gasteiger partial charge < -0.3 is 4.74 Å². The van der Waals surface area contributed by atoms with E-state index >= 15 is 0 Å². The lowest BCUT2D eigenvalue weighted by Gasteiger charge is -2.17. The van der Waals surface area contributed by atoms with Crippen molar-refractivity contribution in [3.05, 3.63) is 35.4 Å². The Balaban J connectivity index is 2.56. The first-order valence-corrected chi connectivity index (χ1v) is 5.39. The van der Waals surface area contributed by atoms with Crippen molar-refractivity contribution in [1.82, 2.24) is 5.43 Å². The average Bonchev–Trinajstić information content (AvgIpc) is 2.32. The van der Waals surface area contributed by atoms with Crippen molar-refractivity contribution >= 4 is 0 Å². The summed E-state index contributed by atoms with van der Waals surface area (Å²) in [6.45, 7) is -1.68. The normalized spacial score (nSPS) is 13.6. The van der Waals surface area contributed by atoms with Gasteiger partial charge in [-0.05, 0) is 24.6 Å². The van der Waals surface area contributed by atoms with Crippen LogP contribution in [-0.4, -0.2) is 19.4 Å². The largest absolute Gasteiger partial charge is 0.411 e. The van der Waals surface area contributed by atoms with E-state index in [0.717, 1.165) is 18.2 Å². The Morgan fingerprint density at radius 1 is 1.26 bits per heavy atom. The number of hydrogen-bond acceptors (Lipinski definition) is 3. The maximum atomic E-state index is 13.4. The molecule has 8 heteroatoms. The molecule has 0 radical (unpaired) electrons. The smallest absolute Gasteiger partial charge is 0.372 e.